The zero-order valence-corrected chi connectivity index (χ0v) is 15.5. The van der Waals surface area contributed by atoms with Gasteiger partial charge in [0.25, 0.3) is 5.91 Å². The molecule has 0 saturated carbocycles. The molecule has 7 heteroatoms. The van der Waals surface area contributed by atoms with Gasteiger partial charge in [-0.2, -0.15) is 5.10 Å². The van der Waals surface area contributed by atoms with Gasteiger partial charge in [-0.05, 0) is 42.7 Å². The predicted molar refractivity (Wildman–Crippen MR) is 107 cm³/mol. The SMILES string of the molecule is Nc1cc(-c2cn[nH]c2C2CCCN(C(=O)COc3ccccc3)C2)ccn1. The predicted octanol–water partition coefficient (Wildman–Crippen LogP) is 2.84. The summed E-state index contributed by atoms with van der Waals surface area (Å²) in [5, 5.41) is 7.37. The standard InChI is InChI=1S/C21H23N5O2/c22-19-11-15(8-9-23-19)18-12-24-25-21(18)16-5-4-10-26(13-16)20(27)14-28-17-6-2-1-3-7-17/h1-3,6-9,11-12,16H,4-5,10,13-14H2,(H2,22,23)(H,24,25). The molecule has 1 aromatic carbocycles. The maximum absolute atomic E-state index is 12.6. The molecule has 1 fully saturated rings. The molecule has 1 aliphatic heterocycles. The van der Waals surface area contributed by atoms with E-state index in [0.717, 1.165) is 36.2 Å². The summed E-state index contributed by atoms with van der Waals surface area (Å²) in [6.45, 7) is 1.44. The highest BCUT2D eigenvalue weighted by molar-refractivity contribution is 5.78. The Morgan fingerprint density at radius 3 is 2.96 bits per heavy atom. The fourth-order valence-electron chi connectivity index (χ4n) is 3.65. The minimum absolute atomic E-state index is 0.00257. The van der Waals surface area contributed by atoms with E-state index in [2.05, 4.69) is 15.2 Å². The minimum atomic E-state index is 0.00257. The van der Waals surface area contributed by atoms with E-state index in [1.54, 1.807) is 6.20 Å². The van der Waals surface area contributed by atoms with Crippen molar-refractivity contribution in [3.8, 4) is 16.9 Å². The number of hydrogen-bond donors (Lipinski definition) is 2. The number of ether oxygens (including phenoxy) is 1. The van der Waals surface area contributed by atoms with Crippen LogP contribution in [-0.4, -0.2) is 45.7 Å². The number of piperidine rings is 1. The summed E-state index contributed by atoms with van der Waals surface area (Å²) in [5.41, 5.74) is 8.85. The van der Waals surface area contributed by atoms with Crippen molar-refractivity contribution in [3.05, 3.63) is 60.6 Å². The lowest BCUT2D eigenvalue weighted by atomic mass is 9.90. The van der Waals surface area contributed by atoms with Crippen LogP contribution in [0.1, 0.15) is 24.5 Å². The number of amides is 1. The zero-order valence-electron chi connectivity index (χ0n) is 15.5. The molecule has 1 unspecified atom stereocenters. The molecular formula is C21H23N5O2. The molecule has 4 rings (SSSR count). The summed E-state index contributed by atoms with van der Waals surface area (Å²) < 4.78 is 5.62. The van der Waals surface area contributed by atoms with E-state index in [1.165, 1.54) is 0 Å². The van der Waals surface area contributed by atoms with Gasteiger partial charge in [-0.1, -0.05) is 18.2 Å². The summed E-state index contributed by atoms with van der Waals surface area (Å²) >= 11 is 0. The van der Waals surface area contributed by atoms with Gasteiger partial charge in [0.05, 0.1) is 6.20 Å². The van der Waals surface area contributed by atoms with Crippen molar-refractivity contribution in [2.45, 2.75) is 18.8 Å². The number of aromatic amines is 1. The first-order valence-corrected chi connectivity index (χ1v) is 9.41. The quantitative estimate of drug-likeness (QED) is 0.713. The van der Waals surface area contributed by atoms with Crippen LogP contribution < -0.4 is 10.5 Å². The molecule has 3 heterocycles. The van der Waals surface area contributed by atoms with E-state index in [1.807, 2.05) is 53.6 Å². The van der Waals surface area contributed by atoms with Crippen molar-refractivity contribution in [1.82, 2.24) is 20.1 Å². The van der Waals surface area contributed by atoms with Gasteiger partial charge in [0.1, 0.15) is 11.6 Å². The molecule has 0 aliphatic carbocycles. The number of nitrogens with zero attached hydrogens (tertiary/aromatic N) is 3. The van der Waals surface area contributed by atoms with Crippen LogP contribution in [0, 0.1) is 0 Å². The molecule has 1 atom stereocenters. The van der Waals surface area contributed by atoms with E-state index in [0.29, 0.717) is 18.1 Å². The average Bonchev–Trinajstić information content (AvgIpc) is 3.23. The van der Waals surface area contributed by atoms with Crippen molar-refractivity contribution in [2.24, 2.45) is 0 Å². The number of carbonyl (C=O) groups excluding carboxylic acids is 1. The lowest BCUT2D eigenvalue weighted by molar-refractivity contribution is -0.134. The highest BCUT2D eigenvalue weighted by Gasteiger charge is 2.28. The Balaban J connectivity index is 1.44. The molecule has 28 heavy (non-hydrogen) atoms. The second-order valence-corrected chi connectivity index (χ2v) is 6.95. The molecule has 0 radical (unpaired) electrons. The molecule has 1 saturated heterocycles. The number of rotatable bonds is 5. The molecular weight excluding hydrogens is 354 g/mol. The summed E-state index contributed by atoms with van der Waals surface area (Å²) in [4.78, 5) is 18.6. The Morgan fingerprint density at radius 1 is 1.29 bits per heavy atom. The Morgan fingerprint density at radius 2 is 2.14 bits per heavy atom. The third-order valence-electron chi connectivity index (χ3n) is 5.05. The van der Waals surface area contributed by atoms with Gasteiger partial charge >= 0.3 is 0 Å². The molecule has 1 aliphatic rings. The second-order valence-electron chi connectivity index (χ2n) is 6.95. The van der Waals surface area contributed by atoms with E-state index in [-0.39, 0.29) is 18.4 Å². The van der Waals surface area contributed by atoms with Crippen LogP contribution in [0.4, 0.5) is 5.82 Å². The number of carbonyl (C=O) groups is 1. The van der Waals surface area contributed by atoms with Gasteiger partial charge in [-0.15, -0.1) is 0 Å². The molecule has 3 aromatic rings. The fourth-order valence-corrected chi connectivity index (χ4v) is 3.65. The van der Waals surface area contributed by atoms with Crippen molar-refractivity contribution in [1.29, 1.82) is 0 Å². The third-order valence-corrected chi connectivity index (χ3v) is 5.05. The van der Waals surface area contributed by atoms with Gasteiger partial charge in [0.15, 0.2) is 6.61 Å². The maximum Gasteiger partial charge on any atom is 0.260 e. The van der Waals surface area contributed by atoms with E-state index < -0.39 is 0 Å². The Kier molecular flexibility index (Phi) is 5.23. The largest absolute Gasteiger partial charge is 0.484 e. The molecule has 1 amide bonds. The number of anilines is 1. The first kappa shape index (κ1) is 18.0. The Bertz CT molecular complexity index is 941. The number of benzene rings is 1. The van der Waals surface area contributed by atoms with Crippen LogP contribution in [0.3, 0.4) is 0 Å². The number of aromatic nitrogens is 3. The Labute approximate surface area is 163 Å². The molecule has 2 aromatic heterocycles. The normalized spacial score (nSPS) is 16.7. The summed E-state index contributed by atoms with van der Waals surface area (Å²) in [7, 11) is 0. The Hall–Kier alpha value is -3.35. The smallest absolute Gasteiger partial charge is 0.260 e. The first-order chi connectivity index (χ1) is 13.7. The van der Waals surface area contributed by atoms with E-state index >= 15 is 0 Å². The number of nitrogens with one attached hydrogen (secondary N) is 1. The van der Waals surface area contributed by atoms with Crippen LogP contribution in [0.2, 0.25) is 0 Å². The van der Waals surface area contributed by atoms with Crippen molar-refractivity contribution < 1.29 is 9.53 Å². The van der Waals surface area contributed by atoms with E-state index in [4.69, 9.17) is 10.5 Å². The van der Waals surface area contributed by atoms with Gasteiger partial charge in [0, 0.05) is 36.5 Å². The van der Waals surface area contributed by atoms with Crippen LogP contribution in [0.5, 0.6) is 5.75 Å². The minimum Gasteiger partial charge on any atom is -0.484 e. The van der Waals surface area contributed by atoms with Gasteiger partial charge in [-0.25, -0.2) is 4.98 Å². The lowest BCUT2D eigenvalue weighted by Crippen LogP contribution is -2.41. The second kappa shape index (κ2) is 8.12. The van der Waals surface area contributed by atoms with Crippen molar-refractivity contribution in [3.63, 3.8) is 0 Å². The number of para-hydroxylation sites is 1. The lowest BCUT2D eigenvalue weighted by Gasteiger charge is -2.32. The van der Waals surface area contributed by atoms with Gasteiger partial charge in [-0.3, -0.25) is 9.89 Å². The van der Waals surface area contributed by atoms with Crippen molar-refractivity contribution in [2.75, 3.05) is 25.4 Å². The molecule has 0 spiro atoms. The molecule has 0 bridgehead atoms. The van der Waals surface area contributed by atoms with E-state index in [9.17, 15) is 4.79 Å². The van der Waals surface area contributed by atoms with Crippen LogP contribution in [-0.2, 0) is 4.79 Å². The van der Waals surface area contributed by atoms with Crippen LogP contribution >= 0.6 is 0 Å². The topological polar surface area (TPSA) is 97.1 Å². The number of H-pyrrole nitrogens is 1. The summed E-state index contributed by atoms with van der Waals surface area (Å²) in [5.74, 6) is 1.38. The maximum atomic E-state index is 12.6. The van der Waals surface area contributed by atoms with Crippen molar-refractivity contribution >= 4 is 11.7 Å². The molecule has 7 nitrogen and oxygen atoms in total. The van der Waals surface area contributed by atoms with Crippen LogP contribution in [0.15, 0.2) is 54.9 Å². The highest BCUT2D eigenvalue weighted by atomic mass is 16.5. The number of pyridine rings is 1. The fraction of sp³-hybridized carbons (Fsp3) is 0.286. The molecule has 3 N–H and O–H groups in total. The first-order valence-electron chi connectivity index (χ1n) is 9.41. The van der Waals surface area contributed by atoms with Gasteiger partial charge in [0.2, 0.25) is 0 Å². The number of nitrogen functional groups attached to an aromatic ring is 1. The van der Waals surface area contributed by atoms with Crippen LogP contribution in [0.25, 0.3) is 11.1 Å². The number of nitrogens with two attached hydrogens (primary N) is 1. The van der Waals surface area contributed by atoms with Gasteiger partial charge < -0.3 is 15.4 Å². The zero-order chi connectivity index (χ0) is 19.3. The average molecular weight is 377 g/mol. The third kappa shape index (κ3) is 3.98. The summed E-state index contributed by atoms with van der Waals surface area (Å²) in [6.07, 6.45) is 5.44. The monoisotopic (exact) mass is 377 g/mol. The highest BCUT2D eigenvalue weighted by Crippen LogP contribution is 2.33. The summed E-state index contributed by atoms with van der Waals surface area (Å²) in [6, 6.07) is 13.2. The molecule has 144 valence electrons. The number of hydrogen-bond acceptors (Lipinski definition) is 5. The number of likely N-dealkylation sites (tertiary alicyclic amines) is 1.